The van der Waals surface area contributed by atoms with Gasteiger partial charge in [0, 0.05) is 5.56 Å². The van der Waals surface area contributed by atoms with Crippen molar-refractivity contribution in [3.05, 3.63) is 53.9 Å². The van der Waals surface area contributed by atoms with Crippen LogP contribution in [0.2, 0.25) is 0 Å². The predicted octanol–water partition coefficient (Wildman–Crippen LogP) is 4.15. The summed E-state index contributed by atoms with van der Waals surface area (Å²) in [4.78, 5) is 22.8. The number of anilines is 2. The molecule has 0 bridgehead atoms. The number of aromatic nitrogens is 5. The SMILES string of the molecule is CC[C@@H]1CN(c2cc3c(N[C@H](C)c4cccc(C(F)(F)F)c4F)ncnc3n3cnnc23)C(=O)CO1. The monoisotopic (exact) mass is 503 g/mol. The maximum Gasteiger partial charge on any atom is 0.419 e. The highest BCUT2D eigenvalue weighted by atomic mass is 19.4. The highest BCUT2D eigenvalue weighted by Crippen LogP contribution is 2.36. The molecule has 0 spiro atoms. The van der Waals surface area contributed by atoms with Gasteiger partial charge in [0.1, 0.15) is 30.9 Å². The van der Waals surface area contributed by atoms with Gasteiger partial charge in [0.05, 0.1) is 35.3 Å². The third kappa shape index (κ3) is 4.08. The van der Waals surface area contributed by atoms with Crippen molar-refractivity contribution in [1.82, 2.24) is 24.6 Å². The van der Waals surface area contributed by atoms with E-state index in [9.17, 15) is 22.4 Å². The summed E-state index contributed by atoms with van der Waals surface area (Å²) in [5, 5.41) is 11.6. The van der Waals surface area contributed by atoms with Crippen molar-refractivity contribution >= 4 is 34.1 Å². The van der Waals surface area contributed by atoms with Gasteiger partial charge in [0.2, 0.25) is 0 Å². The summed E-state index contributed by atoms with van der Waals surface area (Å²) in [6.07, 6.45) is -1.56. The largest absolute Gasteiger partial charge is 0.419 e. The van der Waals surface area contributed by atoms with E-state index < -0.39 is 23.6 Å². The first-order chi connectivity index (χ1) is 17.2. The Morgan fingerprint density at radius 1 is 1.25 bits per heavy atom. The van der Waals surface area contributed by atoms with Crippen LogP contribution >= 0.6 is 0 Å². The molecule has 0 saturated carbocycles. The van der Waals surface area contributed by atoms with E-state index in [-0.39, 0.29) is 30.0 Å². The summed E-state index contributed by atoms with van der Waals surface area (Å²) >= 11 is 0. The van der Waals surface area contributed by atoms with Gasteiger partial charge in [-0.05, 0) is 25.5 Å². The van der Waals surface area contributed by atoms with Crippen molar-refractivity contribution in [3.8, 4) is 0 Å². The van der Waals surface area contributed by atoms with Crippen molar-refractivity contribution in [2.24, 2.45) is 0 Å². The molecule has 1 N–H and O–H groups in total. The number of carbonyl (C=O) groups is 1. The Bertz CT molecular complexity index is 1460. The van der Waals surface area contributed by atoms with E-state index in [1.807, 2.05) is 6.92 Å². The molecule has 1 amide bonds. The Morgan fingerprint density at radius 2 is 2.06 bits per heavy atom. The average molecular weight is 503 g/mol. The molecule has 1 fully saturated rings. The minimum Gasteiger partial charge on any atom is -0.367 e. The number of ether oxygens (including phenoxy) is 1. The topological polar surface area (TPSA) is 97.5 Å². The fourth-order valence-corrected chi connectivity index (χ4v) is 4.28. The number of carbonyl (C=O) groups excluding carboxylic acids is 1. The number of hydrogen-bond acceptors (Lipinski definition) is 7. The number of amides is 1. The molecule has 4 heterocycles. The molecule has 5 rings (SSSR count). The zero-order valence-corrected chi connectivity index (χ0v) is 19.3. The zero-order valence-electron chi connectivity index (χ0n) is 19.3. The molecule has 2 atom stereocenters. The molecule has 0 unspecified atom stereocenters. The average Bonchev–Trinajstić information content (AvgIpc) is 3.34. The van der Waals surface area contributed by atoms with Crippen molar-refractivity contribution in [2.75, 3.05) is 23.4 Å². The number of halogens is 4. The van der Waals surface area contributed by atoms with Crippen LogP contribution < -0.4 is 10.2 Å². The van der Waals surface area contributed by atoms with Gasteiger partial charge in [0.25, 0.3) is 5.91 Å². The molecule has 0 radical (unpaired) electrons. The minimum atomic E-state index is -4.82. The number of rotatable bonds is 5. The maximum atomic E-state index is 14.8. The van der Waals surface area contributed by atoms with E-state index in [1.165, 1.54) is 25.6 Å². The molecular weight excluding hydrogens is 482 g/mol. The predicted molar refractivity (Wildman–Crippen MR) is 122 cm³/mol. The molecule has 4 aromatic rings. The van der Waals surface area contributed by atoms with Gasteiger partial charge in [-0.25, -0.2) is 14.4 Å². The van der Waals surface area contributed by atoms with Gasteiger partial charge in [0.15, 0.2) is 11.3 Å². The lowest BCUT2D eigenvalue weighted by Gasteiger charge is -2.32. The van der Waals surface area contributed by atoms with Crippen LogP contribution in [0, 0.1) is 5.82 Å². The van der Waals surface area contributed by atoms with Crippen molar-refractivity contribution < 1.29 is 27.1 Å². The summed E-state index contributed by atoms with van der Waals surface area (Å²) in [7, 11) is 0. The Labute approximate surface area is 202 Å². The van der Waals surface area contributed by atoms with E-state index in [0.717, 1.165) is 6.07 Å². The molecular formula is C23H21F4N7O2. The minimum absolute atomic E-state index is 0.0842. The normalized spacial score (nSPS) is 17.7. The van der Waals surface area contributed by atoms with Gasteiger partial charge in [-0.2, -0.15) is 13.2 Å². The van der Waals surface area contributed by atoms with Crippen LogP contribution in [-0.2, 0) is 15.7 Å². The van der Waals surface area contributed by atoms with E-state index in [1.54, 1.807) is 15.4 Å². The maximum absolute atomic E-state index is 14.8. The molecule has 1 aliphatic rings. The molecule has 9 nitrogen and oxygen atoms in total. The number of nitrogens with one attached hydrogen (secondary N) is 1. The van der Waals surface area contributed by atoms with Crippen LogP contribution in [0.15, 0.2) is 36.9 Å². The number of nitrogens with zero attached hydrogens (tertiary/aromatic N) is 6. The van der Waals surface area contributed by atoms with Gasteiger partial charge in [-0.15, -0.1) is 10.2 Å². The molecule has 36 heavy (non-hydrogen) atoms. The highest BCUT2D eigenvalue weighted by molar-refractivity contribution is 6.02. The summed E-state index contributed by atoms with van der Waals surface area (Å²) in [5.41, 5.74) is -0.250. The number of benzene rings is 1. The quantitative estimate of drug-likeness (QED) is 0.409. The molecule has 1 aromatic carbocycles. The Kier molecular flexibility index (Phi) is 5.94. The first-order valence-electron chi connectivity index (χ1n) is 11.2. The molecule has 1 saturated heterocycles. The first kappa shape index (κ1) is 23.9. The van der Waals surface area contributed by atoms with Gasteiger partial charge in [-0.1, -0.05) is 19.1 Å². The number of alkyl halides is 3. The van der Waals surface area contributed by atoms with Crippen molar-refractivity contribution in [3.63, 3.8) is 0 Å². The van der Waals surface area contributed by atoms with Crippen LogP contribution in [0.3, 0.4) is 0 Å². The summed E-state index contributed by atoms with van der Waals surface area (Å²) in [6.45, 7) is 3.71. The fraction of sp³-hybridized carbons (Fsp3) is 0.348. The van der Waals surface area contributed by atoms with E-state index in [2.05, 4.69) is 25.5 Å². The lowest BCUT2D eigenvalue weighted by atomic mass is 10.0. The second kappa shape index (κ2) is 8.97. The van der Waals surface area contributed by atoms with Gasteiger partial charge in [-0.3, -0.25) is 9.20 Å². The standard InChI is InChI=1S/C23H21F4N7O2/c1-3-13-8-33(18(35)9-36-13)17-7-15-20(28-10-29-21(15)34-11-30-32-22(17)34)31-12(2)14-5-4-6-16(19(14)24)23(25,26)27/h4-7,10-13H,3,8-9H2,1-2H3,(H,28,29,31)/t12-,13-/m1/s1. The second-order valence-electron chi connectivity index (χ2n) is 8.43. The first-order valence-corrected chi connectivity index (χ1v) is 11.2. The van der Waals surface area contributed by atoms with Gasteiger partial charge >= 0.3 is 6.18 Å². The Balaban J connectivity index is 1.59. The smallest absolute Gasteiger partial charge is 0.367 e. The number of morpholine rings is 1. The summed E-state index contributed by atoms with van der Waals surface area (Å²) in [6, 6.07) is 3.94. The molecule has 13 heteroatoms. The highest BCUT2D eigenvalue weighted by Gasteiger charge is 2.35. The van der Waals surface area contributed by atoms with Crippen LogP contribution in [-0.4, -0.2) is 49.7 Å². The third-order valence-electron chi connectivity index (χ3n) is 6.18. The Morgan fingerprint density at radius 3 is 2.81 bits per heavy atom. The van der Waals surface area contributed by atoms with Crippen LogP contribution in [0.4, 0.5) is 29.1 Å². The molecule has 3 aromatic heterocycles. The number of hydrogen-bond donors (Lipinski definition) is 1. The zero-order chi connectivity index (χ0) is 25.6. The van der Waals surface area contributed by atoms with Crippen LogP contribution in [0.25, 0.3) is 16.7 Å². The van der Waals surface area contributed by atoms with Crippen molar-refractivity contribution in [1.29, 1.82) is 0 Å². The van der Waals surface area contributed by atoms with E-state index in [0.29, 0.717) is 41.4 Å². The van der Waals surface area contributed by atoms with Gasteiger partial charge < -0.3 is 15.0 Å². The summed E-state index contributed by atoms with van der Waals surface area (Å²) in [5.74, 6) is -1.36. The molecule has 0 aliphatic carbocycles. The lowest BCUT2D eigenvalue weighted by Crippen LogP contribution is -2.46. The number of pyridine rings is 1. The Hall–Kier alpha value is -3.87. The van der Waals surface area contributed by atoms with E-state index in [4.69, 9.17) is 4.74 Å². The summed E-state index contributed by atoms with van der Waals surface area (Å²) < 4.78 is 61.5. The van der Waals surface area contributed by atoms with Crippen molar-refractivity contribution in [2.45, 2.75) is 38.6 Å². The number of fused-ring (bicyclic) bond motifs is 3. The molecule has 1 aliphatic heterocycles. The molecule has 188 valence electrons. The fourth-order valence-electron chi connectivity index (χ4n) is 4.28. The third-order valence-corrected chi connectivity index (χ3v) is 6.18. The van der Waals surface area contributed by atoms with Crippen LogP contribution in [0.1, 0.15) is 37.4 Å². The lowest BCUT2D eigenvalue weighted by molar-refractivity contribution is -0.140. The van der Waals surface area contributed by atoms with Crippen LogP contribution in [0.5, 0.6) is 0 Å². The second-order valence-corrected chi connectivity index (χ2v) is 8.43. The van der Waals surface area contributed by atoms with E-state index >= 15 is 0 Å².